The van der Waals surface area contributed by atoms with Crippen molar-refractivity contribution < 1.29 is 30.6 Å². The van der Waals surface area contributed by atoms with Gasteiger partial charge in [0.2, 0.25) is 0 Å². The van der Waals surface area contributed by atoms with Crippen molar-refractivity contribution in [1.82, 2.24) is 0 Å². The topological polar surface area (TPSA) is 121 Å². The number of aliphatic hydroxyl groups is 6. The van der Waals surface area contributed by atoms with Gasteiger partial charge >= 0.3 is 0 Å². The van der Waals surface area contributed by atoms with Gasteiger partial charge in [-0.25, -0.2) is 0 Å². The van der Waals surface area contributed by atoms with Gasteiger partial charge in [0, 0.05) is 17.8 Å². The van der Waals surface area contributed by atoms with Gasteiger partial charge in [0.1, 0.15) is 6.10 Å². The second-order valence-corrected chi connectivity index (χ2v) is 9.24. The molecule has 0 radical (unpaired) electrons. The van der Waals surface area contributed by atoms with Crippen molar-refractivity contribution in [3.05, 3.63) is 23.3 Å². The van der Waals surface area contributed by atoms with E-state index in [9.17, 15) is 30.6 Å². The predicted octanol–water partition coefficient (Wildman–Crippen LogP) is 0.110. The highest BCUT2D eigenvalue weighted by molar-refractivity contribution is 5.36. The fourth-order valence-corrected chi connectivity index (χ4v) is 5.91. The maximum Gasteiger partial charge on any atom is 0.102 e. The highest BCUT2D eigenvalue weighted by Gasteiger charge is 2.62. The Morgan fingerprint density at radius 1 is 0.923 bits per heavy atom. The molecule has 2 saturated carbocycles. The summed E-state index contributed by atoms with van der Waals surface area (Å²) in [4.78, 5) is 0. The van der Waals surface area contributed by atoms with Gasteiger partial charge in [-0.15, -0.1) is 0 Å². The Balaban J connectivity index is 2.26. The largest absolute Gasteiger partial charge is 0.392 e. The van der Waals surface area contributed by atoms with Crippen LogP contribution in [0.2, 0.25) is 0 Å². The second-order valence-electron chi connectivity index (χ2n) is 9.24. The van der Waals surface area contributed by atoms with Gasteiger partial charge in [0.15, 0.2) is 0 Å². The standard InChI is InChI=1S/C20H32O6/c1-8-11(21)6-10-16(24)15-9(2)12(22)7-13(23)20(15,5)18(26)17(25)14(8)19(10,3)4/h10-13,15-18,21-26H,2,6-7H2,1,3-5H3/t10-,11-,12-,13-,15-,16+,17+,18-,20+/m0/s1. The molecule has 6 N–H and O–H groups in total. The third-order valence-corrected chi connectivity index (χ3v) is 7.67. The van der Waals surface area contributed by atoms with Crippen LogP contribution in [0.4, 0.5) is 0 Å². The minimum absolute atomic E-state index is 0.00293. The highest BCUT2D eigenvalue weighted by atomic mass is 16.3. The van der Waals surface area contributed by atoms with E-state index in [1.807, 2.05) is 13.8 Å². The molecule has 0 saturated heterocycles. The minimum Gasteiger partial charge on any atom is -0.392 e. The molecule has 2 fully saturated rings. The Labute approximate surface area is 154 Å². The van der Waals surface area contributed by atoms with E-state index in [1.54, 1.807) is 13.8 Å². The van der Waals surface area contributed by atoms with E-state index < -0.39 is 59.3 Å². The van der Waals surface area contributed by atoms with Crippen LogP contribution in [0.5, 0.6) is 0 Å². The average molecular weight is 368 g/mol. The van der Waals surface area contributed by atoms with Gasteiger partial charge in [-0.3, -0.25) is 0 Å². The quantitative estimate of drug-likeness (QED) is 0.338. The molecule has 3 rings (SSSR count). The lowest BCUT2D eigenvalue weighted by molar-refractivity contribution is -0.195. The Hall–Kier alpha value is -0.760. The van der Waals surface area contributed by atoms with Crippen LogP contribution in [-0.4, -0.2) is 67.3 Å². The SMILES string of the molecule is C=C1[C@@H](O)C[C@H](O)[C@@]2(C)[C@@H](O)[C@H](O)C3=C(C)[C@@H](O)C[C@@H]([C@@H](O)[C@H]12)C3(C)C. The van der Waals surface area contributed by atoms with Crippen LogP contribution in [0.3, 0.4) is 0 Å². The molecule has 3 aliphatic rings. The summed E-state index contributed by atoms with van der Waals surface area (Å²) in [7, 11) is 0. The fraction of sp³-hybridized carbons (Fsp3) is 0.800. The smallest absolute Gasteiger partial charge is 0.102 e. The number of aliphatic hydroxyl groups excluding tert-OH is 6. The Bertz CT molecular complexity index is 640. The summed E-state index contributed by atoms with van der Waals surface area (Å²) in [6.07, 6.45) is -6.33. The van der Waals surface area contributed by atoms with Crippen LogP contribution in [-0.2, 0) is 0 Å². The van der Waals surface area contributed by atoms with Crippen molar-refractivity contribution in [2.45, 2.75) is 77.2 Å². The molecule has 6 nitrogen and oxygen atoms in total. The van der Waals surface area contributed by atoms with E-state index >= 15 is 0 Å². The Morgan fingerprint density at radius 3 is 2.08 bits per heavy atom. The summed E-state index contributed by atoms with van der Waals surface area (Å²) in [6, 6.07) is 0. The third kappa shape index (κ3) is 2.40. The van der Waals surface area contributed by atoms with Gasteiger partial charge in [0.05, 0.1) is 30.5 Å². The highest BCUT2D eigenvalue weighted by Crippen LogP contribution is 2.58. The van der Waals surface area contributed by atoms with Crippen LogP contribution in [0, 0.1) is 22.7 Å². The molecule has 0 aromatic carbocycles. The predicted molar refractivity (Wildman–Crippen MR) is 96.0 cm³/mol. The normalized spacial score (nSPS) is 51.5. The monoisotopic (exact) mass is 368 g/mol. The van der Waals surface area contributed by atoms with Crippen molar-refractivity contribution in [3.8, 4) is 0 Å². The Kier molecular flexibility index (Phi) is 4.71. The molecule has 9 atom stereocenters. The zero-order chi connectivity index (χ0) is 19.8. The molecule has 0 spiro atoms. The molecule has 2 bridgehead atoms. The van der Waals surface area contributed by atoms with Crippen LogP contribution in [0.15, 0.2) is 23.3 Å². The number of hydrogen-bond acceptors (Lipinski definition) is 6. The average Bonchev–Trinajstić information content (AvgIpc) is 2.54. The lowest BCUT2D eigenvalue weighted by Gasteiger charge is -2.59. The van der Waals surface area contributed by atoms with Gasteiger partial charge in [-0.2, -0.15) is 0 Å². The molecule has 0 aromatic heterocycles. The first kappa shape index (κ1) is 20.0. The summed E-state index contributed by atoms with van der Waals surface area (Å²) in [5.41, 5.74) is -0.445. The van der Waals surface area contributed by atoms with Crippen molar-refractivity contribution in [2.24, 2.45) is 22.7 Å². The van der Waals surface area contributed by atoms with Crippen LogP contribution in [0.25, 0.3) is 0 Å². The summed E-state index contributed by atoms with van der Waals surface area (Å²) in [5, 5.41) is 65.1. The molecular formula is C20H32O6. The van der Waals surface area contributed by atoms with E-state index in [2.05, 4.69) is 6.58 Å². The van der Waals surface area contributed by atoms with E-state index in [0.29, 0.717) is 23.1 Å². The van der Waals surface area contributed by atoms with Crippen LogP contribution >= 0.6 is 0 Å². The van der Waals surface area contributed by atoms with Crippen LogP contribution < -0.4 is 0 Å². The summed E-state index contributed by atoms with van der Waals surface area (Å²) >= 11 is 0. The van der Waals surface area contributed by atoms with Crippen molar-refractivity contribution in [3.63, 3.8) is 0 Å². The molecule has 148 valence electrons. The molecule has 3 aliphatic carbocycles. The molecule has 26 heavy (non-hydrogen) atoms. The molecule has 0 aromatic rings. The molecule has 0 heterocycles. The van der Waals surface area contributed by atoms with Crippen molar-refractivity contribution in [2.75, 3.05) is 0 Å². The van der Waals surface area contributed by atoms with E-state index in [4.69, 9.17) is 0 Å². The van der Waals surface area contributed by atoms with E-state index in [1.165, 1.54) is 0 Å². The number of fused-ring (bicyclic) bond motifs is 3. The van der Waals surface area contributed by atoms with Gasteiger partial charge in [-0.05, 0) is 41.4 Å². The summed E-state index contributed by atoms with van der Waals surface area (Å²) < 4.78 is 0. The van der Waals surface area contributed by atoms with Gasteiger partial charge < -0.3 is 30.6 Å². The maximum absolute atomic E-state index is 11.3. The zero-order valence-electron chi connectivity index (χ0n) is 15.9. The zero-order valence-corrected chi connectivity index (χ0v) is 15.9. The third-order valence-electron chi connectivity index (χ3n) is 7.67. The first-order chi connectivity index (χ1) is 11.9. The minimum atomic E-state index is -1.38. The molecule has 0 unspecified atom stereocenters. The number of rotatable bonds is 0. The second kappa shape index (κ2) is 6.12. The first-order valence-corrected chi connectivity index (χ1v) is 9.35. The molecular weight excluding hydrogens is 336 g/mol. The lowest BCUT2D eigenvalue weighted by atomic mass is 9.49. The van der Waals surface area contributed by atoms with Gasteiger partial charge in [-0.1, -0.05) is 27.4 Å². The maximum atomic E-state index is 11.3. The van der Waals surface area contributed by atoms with Crippen molar-refractivity contribution >= 4 is 0 Å². The van der Waals surface area contributed by atoms with Crippen molar-refractivity contribution in [1.29, 1.82) is 0 Å². The van der Waals surface area contributed by atoms with Crippen LogP contribution in [0.1, 0.15) is 40.5 Å². The number of hydrogen-bond donors (Lipinski definition) is 6. The Morgan fingerprint density at radius 2 is 1.50 bits per heavy atom. The molecule has 0 aliphatic heterocycles. The van der Waals surface area contributed by atoms with E-state index in [-0.39, 0.29) is 6.42 Å². The first-order valence-electron chi connectivity index (χ1n) is 9.35. The summed E-state index contributed by atoms with van der Waals surface area (Å²) in [5.74, 6) is -1.22. The molecule has 0 amide bonds. The van der Waals surface area contributed by atoms with E-state index in [0.717, 1.165) is 0 Å². The molecule has 6 heteroatoms. The summed E-state index contributed by atoms with van der Waals surface area (Å²) in [6.45, 7) is 11.1. The lowest BCUT2D eigenvalue weighted by Crippen LogP contribution is -2.66. The fourth-order valence-electron chi connectivity index (χ4n) is 5.91. The van der Waals surface area contributed by atoms with Gasteiger partial charge in [0.25, 0.3) is 0 Å².